The van der Waals surface area contributed by atoms with Crippen molar-refractivity contribution in [3.8, 4) is 0 Å². The predicted molar refractivity (Wildman–Crippen MR) is 79.7 cm³/mol. The van der Waals surface area contributed by atoms with Crippen molar-refractivity contribution in [3.05, 3.63) is 24.0 Å². The van der Waals surface area contributed by atoms with E-state index in [-0.39, 0.29) is 24.0 Å². The number of rotatable bonds is 8. The topological polar surface area (TPSA) is 88.2 Å². The fraction of sp³-hybridized carbons (Fsp3) is 0.538. The van der Waals surface area contributed by atoms with Gasteiger partial charge in [-0.1, -0.05) is 13.8 Å². The van der Waals surface area contributed by atoms with E-state index in [1.165, 1.54) is 6.20 Å². The minimum Gasteiger partial charge on any atom is -0.384 e. The van der Waals surface area contributed by atoms with Crippen LogP contribution in [0.1, 0.15) is 30.6 Å². The van der Waals surface area contributed by atoms with Gasteiger partial charge in [-0.3, -0.25) is 9.78 Å². The van der Waals surface area contributed by atoms with Crippen LogP contribution in [0.4, 0.5) is 5.69 Å². The molecular formula is C13H21N3O3S. The Bertz CT molecular complexity index is 544. The molecule has 20 heavy (non-hydrogen) atoms. The van der Waals surface area contributed by atoms with Crippen LogP contribution in [0.25, 0.3) is 0 Å². The first-order valence-electron chi connectivity index (χ1n) is 6.66. The van der Waals surface area contributed by atoms with Gasteiger partial charge in [-0.2, -0.15) is 0 Å². The van der Waals surface area contributed by atoms with Crippen LogP contribution in [0.3, 0.4) is 0 Å². The summed E-state index contributed by atoms with van der Waals surface area (Å²) in [5.74, 6) is -0.283. The highest BCUT2D eigenvalue weighted by atomic mass is 32.2. The van der Waals surface area contributed by atoms with Gasteiger partial charge >= 0.3 is 0 Å². The molecule has 0 unspecified atom stereocenters. The van der Waals surface area contributed by atoms with Crippen molar-refractivity contribution < 1.29 is 13.2 Å². The van der Waals surface area contributed by atoms with E-state index in [0.717, 1.165) is 13.0 Å². The van der Waals surface area contributed by atoms with Gasteiger partial charge in [-0.05, 0) is 12.5 Å². The number of carbonyl (C=O) groups is 1. The first kappa shape index (κ1) is 16.4. The Morgan fingerprint density at radius 2 is 2.05 bits per heavy atom. The highest BCUT2D eigenvalue weighted by Crippen LogP contribution is 2.13. The number of amides is 1. The fourth-order valence-corrected chi connectivity index (χ4v) is 2.25. The summed E-state index contributed by atoms with van der Waals surface area (Å²) in [5, 5.41) is 5.75. The van der Waals surface area contributed by atoms with E-state index < -0.39 is 9.84 Å². The lowest BCUT2D eigenvalue weighted by Crippen LogP contribution is -2.30. The van der Waals surface area contributed by atoms with Crippen molar-refractivity contribution >= 4 is 21.4 Å². The number of pyridine rings is 1. The molecule has 0 radical (unpaired) electrons. The second-order valence-corrected chi connectivity index (χ2v) is 6.81. The Morgan fingerprint density at radius 3 is 2.70 bits per heavy atom. The van der Waals surface area contributed by atoms with Gasteiger partial charge in [0, 0.05) is 31.2 Å². The first-order chi connectivity index (χ1) is 9.50. The third-order valence-corrected chi connectivity index (χ3v) is 4.48. The lowest BCUT2D eigenvalue weighted by atomic mass is 10.2. The summed E-state index contributed by atoms with van der Waals surface area (Å²) < 4.78 is 22.7. The zero-order valence-corrected chi connectivity index (χ0v) is 12.7. The zero-order chi connectivity index (χ0) is 15.0. The monoisotopic (exact) mass is 299 g/mol. The van der Waals surface area contributed by atoms with Crippen molar-refractivity contribution in [3.63, 3.8) is 0 Å². The molecule has 0 bridgehead atoms. The van der Waals surface area contributed by atoms with Crippen LogP contribution in [0.5, 0.6) is 0 Å². The van der Waals surface area contributed by atoms with E-state index in [2.05, 4.69) is 15.6 Å². The Kier molecular flexibility index (Phi) is 6.44. The molecule has 0 saturated carbocycles. The lowest BCUT2D eigenvalue weighted by molar-refractivity contribution is 0.0956. The van der Waals surface area contributed by atoms with Crippen LogP contribution < -0.4 is 10.6 Å². The predicted octanol–water partition coefficient (Wildman–Crippen LogP) is 1.07. The summed E-state index contributed by atoms with van der Waals surface area (Å²) in [7, 11) is -3.07. The molecule has 1 amide bonds. The van der Waals surface area contributed by atoms with Gasteiger partial charge in [0.1, 0.15) is 0 Å². The van der Waals surface area contributed by atoms with Gasteiger partial charge < -0.3 is 10.6 Å². The number of anilines is 1. The zero-order valence-electron chi connectivity index (χ0n) is 11.8. The summed E-state index contributed by atoms with van der Waals surface area (Å²) in [5.41, 5.74) is 1.13. The summed E-state index contributed by atoms with van der Waals surface area (Å²) in [6, 6.07) is 1.73. The molecule has 1 aromatic rings. The smallest absolute Gasteiger partial charge is 0.254 e. The van der Waals surface area contributed by atoms with E-state index >= 15 is 0 Å². The maximum atomic E-state index is 12.0. The summed E-state index contributed by atoms with van der Waals surface area (Å²) >= 11 is 0. The van der Waals surface area contributed by atoms with Crippen LogP contribution in [0, 0.1) is 0 Å². The van der Waals surface area contributed by atoms with Gasteiger partial charge in [0.2, 0.25) is 0 Å². The Morgan fingerprint density at radius 1 is 1.30 bits per heavy atom. The van der Waals surface area contributed by atoms with E-state index in [9.17, 15) is 13.2 Å². The Balaban J connectivity index is 2.63. The molecule has 7 heteroatoms. The molecule has 0 aliphatic carbocycles. The van der Waals surface area contributed by atoms with Crippen LogP contribution >= 0.6 is 0 Å². The quantitative estimate of drug-likeness (QED) is 0.749. The molecule has 1 rings (SSSR count). The molecule has 112 valence electrons. The van der Waals surface area contributed by atoms with Crippen molar-refractivity contribution in [1.82, 2.24) is 10.3 Å². The summed E-state index contributed by atoms with van der Waals surface area (Å²) in [6.45, 7) is 4.49. The third-order valence-electron chi connectivity index (χ3n) is 2.77. The third kappa shape index (κ3) is 5.16. The molecule has 0 aromatic carbocycles. The standard InChI is InChI=1S/C13H21N3O3S/c1-3-6-15-12-5-7-14-10-11(12)13(17)16-8-9-20(18,19)4-2/h5,7,10H,3-4,6,8-9H2,1-2H3,(H,14,15)(H,16,17). The highest BCUT2D eigenvalue weighted by molar-refractivity contribution is 7.91. The minimum atomic E-state index is -3.07. The van der Waals surface area contributed by atoms with Crippen LogP contribution in [0.15, 0.2) is 18.5 Å². The van der Waals surface area contributed by atoms with Gasteiger partial charge in [0.25, 0.3) is 5.91 Å². The maximum Gasteiger partial charge on any atom is 0.254 e. The van der Waals surface area contributed by atoms with Crippen molar-refractivity contribution in [1.29, 1.82) is 0 Å². The van der Waals surface area contributed by atoms with Crippen molar-refractivity contribution in [2.75, 3.05) is 29.9 Å². The van der Waals surface area contributed by atoms with Gasteiger partial charge in [-0.15, -0.1) is 0 Å². The number of sulfone groups is 1. The Hall–Kier alpha value is -1.63. The van der Waals surface area contributed by atoms with Crippen molar-refractivity contribution in [2.24, 2.45) is 0 Å². The molecule has 1 aromatic heterocycles. The molecule has 2 N–H and O–H groups in total. The molecular weight excluding hydrogens is 278 g/mol. The number of aromatic nitrogens is 1. The lowest BCUT2D eigenvalue weighted by Gasteiger charge is -2.11. The van der Waals surface area contributed by atoms with Crippen LogP contribution in [-0.2, 0) is 9.84 Å². The maximum absolute atomic E-state index is 12.0. The van der Waals surface area contributed by atoms with Crippen LogP contribution in [0.2, 0.25) is 0 Å². The number of nitrogens with zero attached hydrogens (tertiary/aromatic N) is 1. The van der Waals surface area contributed by atoms with Gasteiger partial charge in [0.15, 0.2) is 9.84 Å². The number of hydrogen-bond donors (Lipinski definition) is 2. The molecule has 0 aliphatic heterocycles. The van der Waals surface area contributed by atoms with E-state index in [0.29, 0.717) is 11.3 Å². The SMILES string of the molecule is CCCNc1ccncc1C(=O)NCCS(=O)(=O)CC. The average Bonchev–Trinajstić information content (AvgIpc) is 2.45. The molecule has 0 atom stereocenters. The molecule has 1 heterocycles. The number of hydrogen-bond acceptors (Lipinski definition) is 5. The normalized spacial score (nSPS) is 11.1. The molecule has 0 saturated heterocycles. The summed E-state index contributed by atoms with van der Waals surface area (Å²) in [6.07, 6.45) is 4.02. The second kappa shape index (κ2) is 7.84. The largest absolute Gasteiger partial charge is 0.384 e. The molecule has 6 nitrogen and oxygen atoms in total. The van der Waals surface area contributed by atoms with Gasteiger partial charge in [-0.25, -0.2) is 8.42 Å². The molecule has 0 fully saturated rings. The first-order valence-corrected chi connectivity index (χ1v) is 8.48. The average molecular weight is 299 g/mol. The van der Waals surface area contributed by atoms with Gasteiger partial charge in [0.05, 0.1) is 17.0 Å². The Labute approximate surface area is 119 Å². The highest BCUT2D eigenvalue weighted by Gasteiger charge is 2.12. The van der Waals surface area contributed by atoms with E-state index in [4.69, 9.17) is 0 Å². The van der Waals surface area contributed by atoms with Crippen molar-refractivity contribution in [2.45, 2.75) is 20.3 Å². The summed E-state index contributed by atoms with van der Waals surface area (Å²) in [4.78, 5) is 15.9. The number of nitrogens with one attached hydrogen (secondary N) is 2. The molecule has 0 spiro atoms. The number of carbonyl (C=O) groups excluding carboxylic acids is 1. The molecule has 0 aliphatic rings. The van der Waals surface area contributed by atoms with E-state index in [1.54, 1.807) is 19.2 Å². The fourth-order valence-electron chi connectivity index (χ4n) is 1.55. The van der Waals surface area contributed by atoms with Crippen LogP contribution in [-0.4, -0.2) is 43.9 Å². The van der Waals surface area contributed by atoms with E-state index in [1.807, 2.05) is 6.92 Å². The minimum absolute atomic E-state index is 0.0484. The second-order valence-electron chi connectivity index (χ2n) is 4.34.